The molecule has 1 heterocycles. The molecule has 0 saturated carbocycles. The van der Waals surface area contributed by atoms with Gasteiger partial charge in [-0.25, -0.2) is 4.68 Å². The van der Waals surface area contributed by atoms with Gasteiger partial charge >= 0.3 is 0 Å². The minimum Gasteiger partial charge on any atom is -0.439 e. The number of benzene rings is 1. The summed E-state index contributed by atoms with van der Waals surface area (Å²) >= 11 is 9.27. The van der Waals surface area contributed by atoms with E-state index in [1.165, 1.54) is 0 Å². The molecule has 0 radical (unpaired) electrons. The molecule has 1 aromatic carbocycles. The predicted molar refractivity (Wildman–Crippen MR) is 72.1 cm³/mol. The van der Waals surface area contributed by atoms with Crippen molar-refractivity contribution >= 4 is 27.5 Å². The van der Waals surface area contributed by atoms with Gasteiger partial charge in [0, 0.05) is 23.0 Å². The Labute approximate surface area is 113 Å². The van der Waals surface area contributed by atoms with Crippen LogP contribution < -0.4 is 4.74 Å². The van der Waals surface area contributed by atoms with Gasteiger partial charge in [0.15, 0.2) is 0 Å². The fourth-order valence-electron chi connectivity index (χ4n) is 1.58. The highest BCUT2D eigenvalue weighted by molar-refractivity contribution is 9.08. The molecular weight excluding hydrogens is 304 g/mol. The molecule has 0 amide bonds. The van der Waals surface area contributed by atoms with E-state index in [0.29, 0.717) is 5.02 Å². The smallest absolute Gasteiger partial charge is 0.221 e. The largest absolute Gasteiger partial charge is 0.439 e. The molecule has 0 aliphatic carbocycles. The maximum absolute atomic E-state index is 5.83. The van der Waals surface area contributed by atoms with Crippen LogP contribution in [0.5, 0.6) is 11.6 Å². The summed E-state index contributed by atoms with van der Waals surface area (Å²) < 4.78 is 7.56. The molecule has 90 valence electrons. The van der Waals surface area contributed by atoms with Gasteiger partial charge in [0.25, 0.3) is 0 Å². The number of hydrogen-bond donors (Lipinski definition) is 0. The van der Waals surface area contributed by atoms with Crippen LogP contribution in [0.2, 0.25) is 5.02 Å². The molecule has 17 heavy (non-hydrogen) atoms. The Bertz CT molecular complexity index is 522. The zero-order chi connectivity index (χ0) is 12.4. The van der Waals surface area contributed by atoms with Gasteiger partial charge in [-0.2, -0.15) is 5.10 Å². The number of halogens is 2. The Kier molecular flexibility index (Phi) is 3.74. The van der Waals surface area contributed by atoms with E-state index in [2.05, 4.69) is 21.0 Å². The van der Waals surface area contributed by atoms with Crippen LogP contribution in [0.3, 0.4) is 0 Å². The minimum atomic E-state index is 0.694. The van der Waals surface area contributed by atoms with Crippen molar-refractivity contribution in [2.45, 2.75) is 12.3 Å². The van der Waals surface area contributed by atoms with Crippen molar-refractivity contribution in [3.05, 3.63) is 40.5 Å². The standard InChI is InChI=1S/C12H12BrClN2O/c1-8-11(7-13)12(16(2)15-8)17-10-5-3-9(14)4-6-10/h3-6H,7H2,1-2H3. The number of hydrogen-bond acceptors (Lipinski definition) is 2. The van der Waals surface area contributed by atoms with Crippen LogP contribution in [0.25, 0.3) is 0 Å². The lowest BCUT2D eigenvalue weighted by atomic mass is 10.3. The Balaban J connectivity index is 2.32. The second kappa shape index (κ2) is 5.10. The molecule has 0 fully saturated rings. The second-order valence-corrected chi connectivity index (χ2v) is 4.68. The first-order chi connectivity index (χ1) is 8.11. The van der Waals surface area contributed by atoms with E-state index in [4.69, 9.17) is 16.3 Å². The van der Waals surface area contributed by atoms with Crippen LogP contribution in [0, 0.1) is 6.92 Å². The quantitative estimate of drug-likeness (QED) is 0.798. The van der Waals surface area contributed by atoms with Crippen LogP contribution in [0.4, 0.5) is 0 Å². The van der Waals surface area contributed by atoms with Crippen molar-refractivity contribution in [3.8, 4) is 11.6 Å². The van der Waals surface area contributed by atoms with Crippen LogP contribution >= 0.6 is 27.5 Å². The van der Waals surface area contributed by atoms with Gasteiger partial charge in [-0.05, 0) is 31.2 Å². The fraction of sp³-hybridized carbons (Fsp3) is 0.250. The van der Waals surface area contributed by atoms with E-state index in [9.17, 15) is 0 Å². The second-order valence-electron chi connectivity index (χ2n) is 3.68. The average molecular weight is 316 g/mol. The van der Waals surface area contributed by atoms with Gasteiger partial charge < -0.3 is 4.74 Å². The first-order valence-corrected chi connectivity index (χ1v) is 6.63. The van der Waals surface area contributed by atoms with Gasteiger partial charge in [0.2, 0.25) is 5.88 Å². The summed E-state index contributed by atoms with van der Waals surface area (Å²) in [5.41, 5.74) is 2.02. The van der Waals surface area contributed by atoms with Crippen molar-refractivity contribution in [2.24, 2.45) is 7.05 Å². The molecule has 0 aliphatic heterocycles. The SMILES string of the molecule is Cc1nn(C)c(Oc2ccc(Cl)cc2)c1CBr. The van der Waals surface area contributed by atoms with Gasteiger partial charge in [-0.3, -0.25) is 0 Å². The highest BCUT2D eigenvalue weighted by Gasteiger charge is 2.14. The topological polar surface area (TPSA) is 27.1 Å². The van der Waals surface area contributed by atoms with E-state index >= 15 is 0 Å². The van der Waals surface area contributed by atoms with Crippen LogP contribution in [0.15, 0.2) is 24.3 Å². The molecule has 0 N–H and O–H groups in total. The van der Waals surface area contributed by atoms with Crippen molar-refractivity contribution in [1.82, 2.24) is 9.78 Å². The summed E-state index contributed by atoms with van der Waals surface area (Å²) in [6, 6.07) is 7.27. The maximum atomic E-state index is 5.83. The number of ether oxygens (including phenoxy) is 1. The number of nitrogens with zero attached hydrogens (tertiary/aromatic N) is 2. The molecular formula is C12H12BrClN2O. The van der Waals surface area contributed by atoms with E-state index in [1.807, 2.05) is 26.1 Å². The minimum absolute atomic E-state index is 0.694. The summed E-state index contributed by atoms with van der Waals surface area (Å²) in [4.78, 5) is 0. The molecule has 0 spiro atoms. The van der Waals surface area contributed by atoms with E-state index in [-0.39, 0.29) is 0 Å². The van der Waals surface area contributed by atoms with Crippen LogP contribution in [-0.4, -0.2) is 9.78 Å². The maximum Gasteiger partial charge on any atom is 0.221 e. The third-order valence-corrected chi connectivity index (χ3v) is 3.26. The Hall–Kier alpha value is -1.000. The van der Waals surface area contributed by atoms with E-state index < -0.39 is 0 Å². The molecule has 5 heteroatoms. The monoisotopic (exact) mass is 314 g/mol. The lowest BCUT2D eigenvalue weighted by Crippen LogP contribution is -1.96. The van der Waals surface area contributed by atoms with Gasteiger partial charge in [0.1, 0.15) is 5.75 Å². The molecule has 0 unspecified atom stereocenters. The van der Waals surface area contributed by atoms with Crippen molar-refractivity contribution in [3.63, 3.8) is 0 Å². The summed E-state index contributed by atoms with van der Waals surface area (Å²) in [6.07, 6.45) is 0. The summed E-state index contributed by atoms with van der Waals surface area (Å²) in [5, 5.41) is 5.74. The fourth-order valence-corrected chi connectivity index (χ4v) is 2.35. The number of rotatable bonds is 3. The van der Waals surface area contributed by atoms with Crippen LogP contribution in [0.1, 0.15) is 11.3 Å². The normalized spacial score (nSPS) is 10.6. The number of aromatic nitrogens is 2. The van der Waals surface area contributed by atoms with E-state index in [0.717, 1.165) is 28.2 Å². The third-order valence-electron chi connectivity index (χ3n) is 2.45. The predicted octanol–water partition coefficient (Wildman–Crippen LogP) is 4.07. The zero-order valence-corrected chi connectivity index (χ0v) is 11.9. The number of aryl methyl sites for hydroxylation is 2. The van der Waals surface area contributed by atoms with E-state index in [1.54, 1.807) is 16.8 Å². The van der Waals surface area contributed by atoms with Crippen molar-refractivity contribution < 1.29 is 4.74 Å². The first kappa shape index (κ1) is 12.5. The molecule has 0 aliphatic rings. The van der Waals surface area contributed by atoms with Gasteiger partial charge in [0.05, 0.1) is 5.69 Å². The highest BCUT2D eigenvalue weighted by atomic mass is 79.9. The molecule has 3 nitrogen and oxygen atoms in total. The lowest BCUT2D eigenvalue weighted by molar-refractivity contribution is 0.427. The Morgan fingerprint density at radius 1 is 1.35 bits per heavy atom. The molecule has 1 aromatic heterocycles. The highest BCUT2D eigenvalue weighted by Crippen LogP contribution is 2.29. The molecule has 0 atom stereocenters. The Morgan fingerprint density at radius 3 is 2.59 bits per heavy atom. The third kappa shape index (κ3) is 2.64. The van der Waals surface area contributed by atoms with Crippen molar-refractivity contribution in [2.75, 3.05) is 0 Å². The Morgan fingerprint density at radius 2 is 2.00 bits per heavy atom. The first-order valence-electron chi connectivity index (χ1n) is 5.13. The summed E-state index contributed by atoms with van der Waals surface area (Å²) in [5.74, 6) is 1.50. The summed E-state index contributed by atoms with van der Waals surface area (Å²) in [6.45, 7) is 1.96. The van der Waals surface area contributed by atoms with Crippen LogP contribution in [-0.2, 0) is 12.4 Å². The lowest BCUT2D eigenvalue weighted by Gasteiger charge is -2.07. The average Bonchev–Trinajstić information content (AvgIpc) is 2.57. The molecule has 0 saturated heterocycles. The summed E-state index contributed by atoms with van der Waals surface area (Å²) in [7, 11) is 1.87. The van der Waals surface area contributed by atoms with Gasteiger partial charge in [-0.1, -0.05) is 27.5 Å². The van der Waals surface area contributed by atoms with Crippen molar-refractivity contribution in [1.29, 1.82) is 0 Å². The molecule has 2 rings (SSSR count). The van der Waals surface area contributed by atoms with Gasteiger partial charge in [-0.15, -0.1) is 0 Å². The zero-order valence-electron chi connectivity index (χ0n) is 9.58. The number of alkyl halides is 1. The molecule has 0 bridgehead atoms. The molecule has 2 aromatic rings.